The molecule has 0 radical (unpaired) electrons. The smallest absolute Gasteiger partial charge is 0.236 e. The Bertz CT molecular complexity index is 487. The second-order valence-corrected chi connectivity index (χ2v) is 3.74. The lowest BCUT2D eigenvalue weighted by Crippen LogP contribution is -2.43. The molecule has 1 aromatic carbocycles. The highest BCUT2D eigenvalue weighted by Crippen LogP contribution is 2.22. The van der Waals surface area contributed by atoms with Crippen LogP contribution in [0.15, 0.2) is 35.2 Å². The molecule has 0 aliphatic carbocycles. The van der Waals surface area contributed by atoms with Crippen molar-refractivity contribution in [1.29, 1.82) is 0 Å². The molecule has 82 valence electrons. The summed E-state index contributed by atoms with van der Waals surface area (Å²) in [5.41, 5.74) is 17.8. The number of nitrogens with one attached hydrogen (secondary N) is 3. The second-order valence-electron chi connectivity index (χ2n) is 3.74. The van der Waals surface area contributed by atoms with Crippen molar-refractivity contribution in [2.75, 3.05) is 0 Å². The number of rotatable bonds is 1. The number of guanidine groups is 1. The normalized spacial score (nSPS) is 18.1. The van der Waals surface area contributed by atoms with Crippen molar-refractivity contribution in [2.45, 2.75) is 6.92 Å². The first kappa shape index (κ1) is 9.05. The van der Waals surface area contributed by atoms with Crippen LogP contribution in [0.25, 0.3) is 5.70 Å². The molecule has 2 aliphatic heterocycles. The lowest BCUT2D eigenvalue weighted by Gasteiger charge is -2.09. The maximum Gasteiger partial charge on any atom is 0.236 e. The van der Waals surface area contributed by atoms with Gasteiger partial charge < -0.3 is 5.73 Å². The molecule has 0 spiro atoms. The zero-order valence-electron chi connectivity index (χ0n) is 8.78. The third-order valence-corrected chi connectivity index (χ3v) is 2.60. The Morgan fingerprint density at radius 2 is 2.00 bits per heavy atom. The van der Waals surface area contributed by atoms with Crippen LogP contribution in [0.4, 0.5) is 0 Å². The predicted octanol–water partition coefficient (Wildman–Crippen LogP) is -0.221. The van der Waals surface area contributed by atoms with Gasteiger partial charge in [-0.05, 0) is 6.92 Å². The zero-order chi connectivity index (χ0) is 11.1. The molecule has 2 aliphatic rings. The second kappa shape index (κ2) is 3.14. The van der Waals surface area contributed by atoms with Crippen LogP contribution in [0, 0.1) is 6.92 Å². The number of hydrazine groups is 2. The number of nitrogens with zero attached hydrogens (tertiary/aromatic N) is 2. The van der Waals surface area contributed by atoms with Crippen LogP contribution in [-0.2, 0) is 0 Å². The maximum atomic E-state index is 5.66. The van der Waals surface area contributed by atoms with E-state index in [0.29, 0.717) is 5.96 Å². The van der Waals surface area contributed by atoms with E-state index < -0.39 is 0 Å². The lowest BCUT2D eigenvalue weighted by molar-refractivity contribution is 0.383. The molecule has 0 saturated heterocycles. The molecule has 5 N–H and O–H groups in total. The van der Waals surface area contributed by atoms with E-state index in [4.69, 9.17) is 5.73 Å². The summed E-state index contributed by atoms with van der Waals surface area (Å²) in [6, 6.07) is 8.22. The van der Waals surface area contributed by atoms with Crippen LogP contribution in [0.2, 0.25) is 0 Å². The molecule has 0 fully saturated rings. The van der Waals surface area contributed by atoms with Gasteiger partial charge in [-0.25, -0.2) is 5.01 Å². The van der Waals surface area contributed by atoms with Crippen LogP contribution in [0.5, 0.6) is 0 Å². The van der Waals surface area contributed by atoms with Crippen LogP contribution >= 0.6 is 0 Å². The summed E-state index contributed by atoms with van der Waals surface area (Å²) >= 11 is 0. The Labute approximate surface area is 92.7 Å². The van der Waals surface area contributed by atoms with E-state index in [-0.39, 0.29) is 0 Å². The van der Waals surface area contributed by atoms with Crippen LogP contribution in [0.1, 0.15) is 11.1 Å². The van der Waals surface area contributed by atoms with Crippen LogP contribution < -0.4 is 22.1 Å². The molecule has 0 saturated carbocycles. The number of nitrogens with two attached hydrogens (primary N) is 1. The number of hydrazone groups is 1. The molecule has 0 aromatic heterocycles. The predicted molar refractivity (Wildman–Crippen MR) is 61.0 cm³/mol. The standard InChI is InChI=1S/C10H12N6/c1-6-2-4-7(5-3-6)8-9-13-14-10(11)16(9)15-12-8/h2-5,12-13,15H,1H3,(H2,11,14). The molecule has 16 heavy (non-hydrogen) atoms. The van der Waals surface area contributed by atoms with Gasteiger partial charge in [-0.1, -0.05) is 29.8 Å². The Hall–Kier alpha value is -2.21. The minimum Gasteiger partial charge on any atom is -0.367 e. The van der Waals surface area contributed by atoms with Gasteiger partial charge in [0.1, 0.15) is 5.70 Å². The molecule has 0 amide bonds. The molecule has 0 atom stereocenters. The Morgan fingerprint density at radius 3 is 2.75 bits per heavy atom. The van der Waals surface area contributed by atoms with E-state index in [9.17, 15) is 0 Å². The number of aryl methyl sites for hydroxylation is 1. The molecule has 1 aromatic rings. The van der Waals surface area contributed by atoms with E-state index in [1.807, 2.05) is 12.1 Å². The largest absolute Gasteiger partial charge is 0.367 e. The SMILES string of the molecule is Cc1ccc(C2=C3NN=C(N)N3NN2)cc1. The Morgan fingerprint density at radius 1 is 1.25 bits per heavy atom. The summed E-state index contributed by atoms with van der Waals surface area (Å²) in [6.07, 6.45) is 0. The third-order valence-electron chi connectivity index (χ3n) is 2.60. The van der Waals surface area contributed by atoms with Crippen molar-refractivity contribution in [1.82, 2.24) is 21.4 Å². The minimum absolute atomic E-state index is 0.393. The molecule has 6 nitrogen and oxygen atoms in total. The third kappa shape index (κ3) is 1.20. The molecular weight excluding hydrogens is 204 g/mol. The van der Waals surface area contributed by atoms with Gasteiger partial charge in [0.15, 0.2) is 5.82 Å². The summed E-state index contributed by atoms with van der Waals surface area (Å²) in [7, 11) is 0. The summed E-state index contributed by atoms with van der Waals surface area (Å²) in [6.45, 7) is 2.06. The lowest BCUT2D eigenvalue weighted by atomic mass is 10.1. The summed E-state index contributed by atoms with van der Waals surface area (Å²) < 4.78 is 0. The van der Waals surface area contributed by atoms with Crippen molar-refractivity contribution in [3.05, 3.63) is 41.2 Å². The van der Waals surface area contributed by atoms with Gasteiger partial charge in [-0.3, -0.25) is 10.9 Å². The summed E-state index contributed by atoms with van der Waals surface area (Å²) in [5.74, 6) is 1.21. The van der Waals surface area contributed by atoms with E-state index in [2.05, 4.69) is 40.5 Å². The molecule has 6 heteroatoms. The zero-order valence-corrected chi connectivity index (χ0v) is 8.78. The van der Waals surface area contributed by atoms with Crippen molar-refractivity contribution < 1.29 is 0 Å². The van der Waals surface area contributed by atoms with Gasteiger partial charge in [0.05, 0.1) is 0 Å². The van der Waals surface area contributed by atoms with Crippen molar-refractivity contribution >= 4 is 11.7 Å². The van der Waals surface area contributed by atoms with E-state index in [0.717, 1.165) is 17.1 Å². The van der Waals surface area contributed by atoms with Gasteiger partial charge in [0.25, 0.3) is 0 Å². The van der Waals surface area contributed by atoms with E-state index in [1.54, 1.807) is 5.01 Å². The van der Waals surface area contributed by atoms with Gasteiger partial charge in [-0.15, -0.1) is 10.6 Å². The van der Waals surface area contributed by atoms with Crippen LogP contribution in [-0.4, -0.2) is 11.0 Å². The summed E-state index contributed by atoms with van der Waals surface area (Å²) in [4.78, 5) is 0. The van der Waals surface area contributed by atoms with Crippen molar-refractivity contribution in [2.24, 2.45) is 10.8 Å². The number of benzene rings is 1. The highest BCUT2D eigenvalue weighted by Gasteiger charge is 2.29. The van der Waals surface area contributed by atoms with Gasteiger partial charge in [-0.2, -0.15) is 0 Å². The van der Waals surface area contributed by atoms with E-state index >= 15 is 0 Å². The van der Waals surface area contributed by atoms with E-state index in [1.165, 1.54) is 5.56 Å². The monoisotopic (exact) mass is 216 g/mol. The topological polar surface area (TPSA) is 77.7 Å². The number of hydrogen-bond donors (Lipinski definition) is 4. The summed E-state index contributed by atoms with van der Waals surface area (Å²) in [5, 5.41) is 5.59. The first-order valence-corrected chi connectivity index (χ1v) is 4.98. The van der Waals surface area contributed by atoms with Gasteiger partial charge in [0.2, 0.25) is 5.96 Å². The first-order valence-electron chi connectivity index (χ1n) is 4.98. The number of hydrogen-bond acceptors (Lipinski definition) is 6. The quantitative estimate of drug-likeness (QED) is 0.522. The fourth-order valence-corrected chi connectivity index (χ4v) is 1.71. The minimum atomic E-state index is 0.393. The highest BCUT2D eigenvalue weighted by molar-refractivity contribution is 5.85. The molecule has 0 bridgehead atoms. The average Bonchev–Trinajstić information content (AvgIpc) is 2.84. The fourth-order valence-electron chi connectivity index (χ4n) is 1.71. The molecular formula is C10H12N6. The Kier molecular flexibility index (Phi) is 1.78. The van der Waals surface area contributed by atoms with Crippen molar-refractivity contribution in [3.8, 4) is 0 Å². The average molecular weight is 216 g/mol. The molecule has 3 rings (SSSR count). The van der Waals surface area contributed by atoms with Crippen LogP contribution in [0.3, 0.4) is 0 Å². The fraction of sp³-hybridized carbons (Fsp3) is 0.100. The van der Waals surface area contributed by atoms with Gasteiger partial charge in [0, 0.05) is 5.56 Å². The highest BCUT2D eigenvalue weighted by atomic mass is 15.8. The first-order chi connectivity index (χ1) is 7.75. The molecule has 2 heterocycles. The molecule has 0 unspecified atom stereocenters. The van der Waals surface area contributed by atoms with Crippen molar-refractivity contribution in [3.63, 3.8) is 0 Å². The number of fused-ring (bicyclic) bond motifs is 1. The van der Waals surface area contributed by atoms with Gasteiger partial charge >= 0.3 is 0 Å². The maximum absolute atomic E-state index is 5.66. The Balaban J connectivity index is 2.00.